The average Bonchev–Trinajstić information content (AvgIpc) is 3.01. The zero-order valence-electron chi connectivity index (χ0n) is 12.5. The summed E-state index contributed by atoms with van der Waals surface area (Å²) in [6.45, 7) is 2.05. The smallest absolute Gasteiger partial charge is 0.259 e. The molecule has 0 saturated carbocycles. The number of methoxy groups -OCH3 is 1. The molecule has 1 aromatic heterocycles. The first-order chi connectivity index (χ1) is 10.7. The zero-order chi connectivity index (χ0) is 15.5. The van der Waals surface area contributed by atoms with Gasteiger partial charge in [-0.3, -0.25) is 9.89 Å². The molecule has 1 heterocycles. The predicted octanol–water partition coefficient (Wildman–Crippen LogP) is 3.39. The monoisotopic (exact) mass is 295 g/mol. The molecule has 5 nitrogen and oxygen atoms in total. The minimum Gasteiger partial charge on any atom is -0.496 e. The van der Waals surface area contributed by atoms with Gasteiger partial charge in [-0.2, -0.15) is 5.10 Å². The minimum atomic E-state index is -0.189. The fourth-order valence-corrected chi connectivity index (χ4v) is 2.37. The third-order valence-corrected chi connectivity index (χ3v) is 3.62. The van der Waals surface area contributed by atoms with E-state index < -0.39 is 0 Å². The van der Waals surface area contributed by atoms with E-state index in [1.54, 1.807) is 13.3 Å². The number of ether oxygens (including phenoxy) is 1. The van der Waals surface area contributed by atoms with E-state index in [0.29, 0.717) is 17.0 Å². The van der Waals surface area contributed by atoms with Gasteiger partial charge in [0.25, 0.3) is 5.91 Å². The maximum atomic E-state index is 12.5. The van der Waals surface area contributed by atoms with Crippen molar-refractivity contribution in [3.05, 3.63) is 53.7 Å². The molecule has 0 aliphatic carbocycles. The third-order valence-electron chi connectivity index (χ3n) is 3.62. The first-order valence-corrected chi connectivity index (χ1v) is 7.12. The zero-order valence-corrected chi connectivity index (χ0v) is 12.5. The van der Waals surface area contributed by atoms with Gasteiger partial charge in [0, 0.05) is 11.1 Å². The van der Waals surface area contributed by atoms with Crippen molar-refractivity contribution in [3.63, 3.8) is 0 Å². The summed E-state index contributed by atoms with van der Waals surface area (Å²) in [5.41, 5.74) is 3.22. The Morgan fingerprint density at radius 2 is 2.14 bits per heavy atom. The first kappa shape index (κ1) is 14.1. The molecule has 0 spiro atoms. The van der Waals surface area contributed by atoms with Gasteiger partial charge in [-0.05, 0) is 42.3 Å². The number of hydrogen-bond donors (Lipinski definition) is 2. The highest BCUT2D eigenvalue weighted by atomic mass is 16.5. The summed E-state index contributed by atoms with van der Waals surface area (Å²) >= 11 is 0. The Balaban J connectivity index is 1.90. The van der Waals surface area contributed by atoms with Gasteiger partial charge in [-0.1, -0.05) is 13.0 Å². The first-order valence-electron chi connectivity index (χ1n) is 7.12. The molecule has 2 N–H and O–H groups in total. The van der Waals surface area contributed by atoms with Crippen LogP contribution in [0.4, 0.5) is 5.69 Å². The number of aromatic nitrogens is 2. The quantitative estimate of drug-likeness (QED) is 0.775. The summed E-state index contributed by atoms with van der Waals surface area (Å²) in [6.07, 6.45) is 2.61. The summed E-state index contributed by atoms with van der Waals surface area (Å²) in [4.78, 5) is 12.5. The third kappa shape index (κ3) is 2.65. The number of rotatable bonds is 4. The maximum absolute atomic E-state index is 12.5. The second-order valence-corrected chi connectivity index (χ2v) is 5.01. The van der Waals surface area contributed by atoms with Crippen molar-refractivity contribution in [2.75, 3.05) is 12.4 Å². The molecular weight excluding hydrogens is 278 g/mol. The largest absolute Gasteiger partial charge is 0.496 e. The second-order valence-electron chi connectivity index (χ2n) is 5.01. The van der Waals surface area contributed by atoms with Crippen molar-refractivity contribution in [2.24, 2.45) is 0 Å². The maximum Gasteiger partial charge on any atom is 0.259 e. The van der Waals surface area contributed by atoms with Crippen LogP contribution in [-0.4, -0.2) is 23.2 Å². The fraction of sp³-hybridized carbons (Fsp3) is 0.176. The van der Waals surface area contributed by atoms with Crippen LogP contribution < -0.4 is 10.1 Å². The molecule has 0 radical (unpaired) electrons. The lowest BCUT2D eigenvalue weighted by Gasteiger charge is -2.11. The topological polar surface area (TPSA) is 67.0 Å². The van der Waals surface area contributed by atoms with Gasteiger partial charge in [0.1, 0.15) is 5.75 Å². The lowest BCUT2D eigenvalue weighted by atomic mass is 10.1. The predicted molar refractivity (Wildman–Crippen MR) is 86.4 cm³/mol. The fourth-order valence-electron chi connectivity index (χ4n) is 2.37. The number of carbonyl (C=O) groups is 1. The molecule has 5 heteroatoms. The number of carbonyl (C=O) groups excluding carboxylic acids is 1. The van der Waals surface area contributed by atoms with Crippen LogP contribution in [0.15, 0.2) is 42.6 Å². The van der Waals surface area contributed by atoms with Gasteiger partial charge in [0.05, 0.1) is 24.4 Å². The Morgan fingerprint density at radius 1 is 1.27 bits per heavy atom. The number of benzene rings is 2. The van der Waals surface area contributed by atoms with E-state index in [4.69, 9.17) is 4.74 Å². The number of nitrogens with zero attached hydrogens (tertiary/aromatic N) is 1. The van der Waals surface area contributed by atoms with E-state index in [9.17, 15) is 4.79 Å². The van der Waals surface area contributed by atoms with Crippen LogP contribution in [0.3, 0.4) is 0 Å². The van der Waals surface area contributed by atoms with Crippen molar-refractivity contribution in [1.29, 1.82) is 0 Å². The van der Waals surface area contributed by atoms with Crippen LogP contribution >= 0.6 is 0 Å². The molecule has 0 saturated heterocycles. The Bertz CT molecular complexity index is 824. The van der Waals surface area contributed by atoms with Gasteiger partial charge in [0.2, 0.25) is 0 Å². The summed E-state index contributed by atoms with van der Waals surface area (Å²) in [5.74, 6) is 0.378. The van der Waals surface area contributed by atoms with E-state index >= 15 is 0 Å². The van der Waals surface area contributed by atoms with Crippen LogP contribution in [-0.2, 0) is 6.42 Å². The summed E-state index contributed by atoms with van der Waals surface area (Å²) in [5, 5.41) is 10.8. The van der Waals surface area contributed by atoms with Crippen LogP contribution in [0.2, 0.25) is 0 Å². The molecule has 3 rings (SSSR count). The summed E-state index contributed by atoms with van der Waals surface area (Å²) in [7, 11) is 1.56. The Labute approximate surface area is 128 Å². The Kier molecular flexibility index (Phi) is 3.78. The lowest BCUT2D eigenvalue weighted by molar-refractivity contribution is 0.102. The van der Waals surface area contributed by atoms with E-state index in [1.807, 2.05) is 36.4 Å². The normalized spacial score (nSPS) is 10.6. The Hall–Kier alpha value is -2.82. The number of fused-ring (bicyclic) bond motifs is 1. The van der Waals surface area contributed by atoms with Crippen molar-refractivity contribution in [2.45, 2.75) is 13.3 Å². The van der Waals surface area contributed by atoms with Crippen molar-refractivity contribution in [3.8, 4) is 5.75 Å². The highest BCUT2D eigenvalue weighted by Crippen LogP contribution is 2.23. The number of H-pyrrole nitrogens is 1. The highest BCUT2D eigenvalue weighted by Gasteiger charge is 2.13. The van der Waals surface area contributed by atoms with E-state index in [0.717, 1.165) is 22.9 Å². The molecule has 0 unspecified atom stereocenters. The van der Waals surface area contributed by atoms with E-state index in [2.05, 4.69) is 22.4 Å². The SMILES string of the molecule is CCc1ccc(OC)c(C(=O)Nc2ccc3cn[nH]c3c2)c1. The van der Waals surface area contributed by atoms with Crippen molar-refractivity contribution < 1.29 is 9.53 Å². The molecule has 0 aliphatic heterocycles. The second kappa shape index (κ2) is 5.89. The van der Waals surface area contributed by atoms with Gasteiger partial charge >= 0.3 is 0 Å². The molecule has 112 valence electrons. The minimum absolute atomic E-state index is 0.189. The molecule has 0 aliphatic rings. The number of aromatic amines is 1. The number of nitrogens with one attached hydrogen (secondary N) is 2. The van der Waals surface area contributed by atoms with Crippen molar-refractivity contribution >= 4 is 22.5 Å². The molecule has 1 amide bonds. The number of amides is 1. The number of aryl methyl sites for hydroxylation is 1. The van der Waals surface area contributed by atoms with Gasteiger partial charge in [-0.25, -0.2) is 0 Å². The molecule has 2 aromatic carbocycles. The van der Waals surface area contributed by atoms with Crippen LogP contribution in [0.25, 0.3) is 10.9 Å². The van der Waals surface area contributed by atoms with Crippen LogP contribution in [0.5, 0.6) is 5.75 Å². The molecule has 0 atom stereocenters. The number of hydrogen-bond acceptors (Lipinski definition) is 3. The molecule has 0 fully saturated rings. The molecule has 3 aromatic rings. The standard InChI is InChI=1S/C17H17N3O2/c1-3-11-4-7-16(22-2)14(8-11)17(21)19-13-6-5-12-10-18-20-15(12)9-13/h4-10H,3H2,1-2H3,(H,18,20)(H,19,21). The van der Waals surface area contributed by atoms with Gasteiger partial charge in [-0.15, -0.1) is 0 Å². The molecule has 0 bridgehead atoms. The van der Waals surface area contributed by atoms with E-state index in [-0.39, 0.29) is 5.91 Å². The Morgan fingerprint density at radius 3 is 2.91 bits per heavy atom. The highest BCUT2D eigenvalue weighted by molar-refractivity contribution is 6.07. The van der Waals surface area contributed by atoms with Gasteiger partial charge < -0.3 is 10.1 Å². The van der Waals surface area contributed by atoms with Gasteiger partial charge in [0.15, 0.2) is 0 Å². The summed E-state index contributed by atoms with van der Waals surface area (Å²) in [6, 6.07) is 11.3. The number of anilines is 1. The van der Waals surface area contributed by atoms with Crippen molar-refractivity contribution in [1.82, 2.24) is 10.2 Å². The average molecular weight is 295 g/mol. The van der Waals surface area contributed by atoms with E-state index in [1.165, 1.54) is 0 Å². The molecular formula is C17H17N3O2. The molecule has 22 heavy (non-hydrogen) atoms. The van der Waals surface area contributed by atoms with Crippen LogP contribution in [0, 0.1) is 0 Å². The van der Waals surface area contributed by atoms with Crippen LogP contribution in [0.1, 0.15) is 22.8 Å². The lowest BCUT2D eigenvalue weighted by Crippen LogP contribution is -2.13. The summed E-state index contributed by atoms with van der Waals surface area (Å²) < 4.78 is 5.28.